The number of hydrogen-bond acceptors (Lipinski definition) is 4. The third-order valence-electron chi connectivity index (χ3n) is 2.35. The Balaban J connectivity index is 2.12. The van der Waals surface area contributed by atoms with Crippen molar-refractivity contribution < 1.29 is 19.0 Å². The standard InChI is InChI=1S/C12H20O4/c1-10(6-8-14-11(2)13)9-16-12-5-3-4-7-15-12/h6,12H,3-5,7-9H2,1-2H3/b10-6+. The third kappa shape index (κ3) is 5.88. The first kappa shape index (κ1) is 13.2. The first-order valence-electron chi connectivity index (χ1n) is 5.70. The lowest BCUT2D eigenvalue weighted by Crippen LogP contribution is -2.22. The maximum atomic E-state index is 10.5. The maximum Gasteiger partial charge on any atom is 0.302 e. The Morgan fingerprint density at radius 1 is 1.44 bits per heavy atom. The van der Waals surface area contributed by atoms with Crippen LogP contribution >= 0.6 is 0 Å². The van der Waals surface area contributed by atoms with Crippen LogP contribution in [0.25, 0.3) is 0 Å². The van der Waals surface area contributed by atoms with Crippen LogP contribution in [0.3, 0.4) is 0 Å². The molecule has 0 aromatic rings. The van der Waals surface area contributed by atoms with Gasteiger partial charge in [0.1, 0.15) is 6.61 Å². The van der Waals surface area contributed by atoms with E-state index in [9.17, 15) is 4.79 Å². The second kappa shape index (κ2) is 7.41. The Labute approximate surface area is 96.6 Å². The molecule has 92 valence electrons. The molecule has 1 aliphatic rings. The van der Waals surface area contributed by atoms with Gasteiger partial charge in [-0.25, -0.2) is 0 Å². The van der Waals surface area contributed by atoms with Gasteiger partial charge in [-0.15, -0.1) is 0 Å². The average molecular weight is 228 g/mol. The molecule has 1 atom stereocenters. The van der Waals surface area contributed by atoms with E-state index in [-0.39, 0.29) is 12.3 Å². The van der Waals surface area contributed by atoms with Crippen molar-refractivity contribution >= 4 is 5.97 Å². The van der Waals surface area contributed by atoms with E-state index in [0.717, 1.165) is 25.0 Å². The van der Waals surface area contributed by atoms with Crippen molar-refractivity contribution in [2.75, 3.05) is 19.8 Å². The lowest BCUT2D eigenvalue weighted by Gasteiger charge is -2.22. The molecule has 1 aliphatic heterocycles. The van der Waals surface area contributed by atoms with Gasteiger partial charge < -0.3 is 14.2 Å². The summed E-state index contributed by atoms with van der Waals surface area (Å²) in [4.78, 5) is 10.5. The normalized spacial score (nSPS) is 21.9. The highest BCUT2D eigenvalue weighted by atomic mass is 16.7. The summed E-state index contributed by atoms with van der Waals surface area (Å²) in [7, 11) is 0. The van der Waals surface area contributed by atoms with E-state index < -0.39 is 0 Å². The van der Waals surface area contributed by atoms with E-state index in [1.165, 1.54) is 13.3 Å². The topological polar surface area (TPSA) is 44.8 Å². The molecule has 16 heavy (non-hydrogen) atoms. The average Bonchev–Trinajstić information content (AvgIpc) is 2.27. The van der Waals surface area contributed by atoms with E-state index >= 15 is 0 Å². The second-order valence-corrected chi connectivity index (χ2v) is 3.96. The van der Waals surface area contributed by atoms with Gasteiger partial charge in [0, 0.05) is 13.5 Å². The molecule has 0 N–H and O–H groups in total. The Kier molecular flexibility index (Phi) is 6.11. The molecular weight excluding hydrogens is 208 g/mol. The number of carbonyl (C=O) groups excluding carboxylic acids is 1. The van der Waals surface area contributed by atoms with Crippen LogP contribution < -0.4 is 0 Å². The molecule has 4 nitrogen and oxygen atoms in total. The summed E-state index contributed by atoms with van der Waals surface area (Å²) in [5, 5.41) is 0. The molecule has 4 heteroatoms. The van der Waals surface area contributed by atoms with Crippen molar-refractivity contribution in [3.05, 3.63) is 11.6 Å². The van der Waals surface area contributed by atoms with Gasteiger partial charge in [-0.2, -0.15) is 0 Å². The van der Waals surface area contributed by atoms with Crippen LogP contribution in [0.5, 0.6) is 0 Å². The van der Waals surface area contributed by atoms with E-state index in [4.69, 9.17) is 14.2 Å². The van der Waals surface area contributed by atoms with Gasteiger partial charge in [0.2, 0.25) is 0 Å². The number of hydrogen-bond donors (Lipinski definition) is 0. The highest BCUT2D eigenvalue weighted by Gasteiger charge is 2.13. The van der Waals surface area contributed by atoms with Crippen LogP contribution in [0.2, 0.25) is 0 Å². The fraction of sp³-hybridized carbons (Fsp3) is 0.750. The molecule has 1 fully saturated rings. The smallest absolute Gasteiger partial charge is 0.302 e. The van der Waals surface area contributed by atoms with Crippen molar-refractivity contribution in [2.24, 2.45) is 0 Å². The minimum absolute atomic E-state index is 0.0641. The maximum absolute atomic E-state index is 10.5. The molecule has 0 radical (unpaired) electrons. The quantitative estimate of drug-likeness (QED) is 0.533. The van der Waals surface area contributed by atoms with Crippen LogP contribution in [-0.2, 0) is 19.0 Å². The van der Waals surface area contributed by atoms with Crippen molar-refractivity contribution in [3.8, 4) is 0 Å². The first-order valence-corrected chi connectivity index (χ1v) is 5.70. The summed E-state index contributed by atoms with van der Waals surface area (Å²) in [5.41, 5.74) is 1.05. The summed E-state index contributed by atoms with van der Waals surface area (Å²) >= 11 is 0. The molecule has 0 aliphatic carbocycles. The first-order chi connectivity index (χ1) is 7.68. The molecule has 1 heterocycles. The monoisotopic (exact) mass is 228 g/mol. The van der Waals surface area contributed by atoms with Crippen LogP contribution in [0.1, 0.15) is 33.1 Å². The summed E-state index contributed by atoms with van der Waals surface area (Å²) in [5.74, 6) is -0.263. The summed E-state index contributed by atoms with van der Waals surface area (Å²) in [6.45, 7) is 4.99. The van der Waals surface area contributed by atoms with Crippen molar-refractivity contribution in [1.82, 2.24) is 0 Å². The zero-order valence-corrected chi connectivity index (χ0v) is 10.0. The van der Waals surface area contributed by atoms with Crippen LogP contribution in [0.15, 0.2) is 11.6 Å². The van der Waals surface area contributed by atoms with Gasteiger partial charge in [0.05, 0.1) is 6.61 Å². The van der Waals surface area contributed by atoms with Gasteiger partial charge in [-0.1, -0.05) is 0 Å². The van der Waals surface area contributed by atoms with Crippen LogP contribution in [0, 0.1) is 0 Å². The zero-order chi connectivity index (χ0) is 11.8. The predicted molar refractivity (Wildman–Crippen MR) is 59.9 cm³/mol. The van der Waals surface area contributed by atoms with Gasteiger partial charge in [-0.05, 0) is 37.8 Å². The van der Waals surface area contributed by atoms with E-state index in [1.54, 1.807) is 0 Å². The van der Waals surface area contributed by atoms with E-state index in [2.05, 4.69) is 0 Å². The van der Waals surface area contributed by atoms with Crippen molar-refractivity contribution in [3.63, 3.8) is 0 Å². The number of ether oxygens (including phenoxy) is 3. The fourth-order valence-electron chi connectivity index (χ4n) is 1.43. The van der Waals surface area contributed by atoms with E-state index in [0.29, 0.717) is 13.2 Å². The van der Waals surface area contributed by atoms with Gasteiger partial charge in [0.25, 0.3) is 0 Å². The molecule has 0 spiro atoms. The van der Waals surface area contributed by atoms with Gasteiger partial charge >= 0.3 is 5.97 Å². The Bertz CT molecular complexity index is 241. The van der Waals surface area contributed by atoms with Crippen LogP contribution in [-0.4, -0.2) is 32.1 Å². The van der Waals surface area contributed by atoms with E-state index in [1.807, 2.05) is 13.0 Å². The summed E-state index contributed by atoms with van der Waals surface area (Å²) in [6.07, 6.45) is 5.05. The predicted octanol–water partition coefficient (Wildman–Crippen LogP) is 2.04. The highest BCUT2D eigenvalue weighted by molar-refractivity contribution is 5.66. The van der Waals surface area contributed by atoms with Crippen molar-refractivity contribution in [1.29, 1.82) is 0 Å². The van der Waals surface area contributed by atoms with Crippen LogP contribution in [0.4, 0.5) is 0 Å². The molecule has 0 aromatic carbocycles. The Morgan fingerprint density at radius 3 is 2.88 bits per heavy atom. The fourth-order valence-corrected chi connectivity index (χ4v) is 1.43. The summed E-state index contributed by atoms with van der Waals surface area (Å²) < 4.78 is 15.8. The molecule has 1 unspecified atom stereocenters. The van der Waals surface area contributed by atoms with Gasteiger partial charge in [-0.3, -0.25) is 4.79 Å². The largest absolute Gasteiger partial charge is 0.462 e. The number of esters is 1. The molecule has 1 rings (SSSR count). The molecule has 0 bridgehead atoms. The Hall–Kier alpha value is -0.870. The third-order valence-corrected chi connectivity index (χ3v) is 2.35. The lowest BCUT2D eigenvalue weighted by atomic mass is 10.2. The molecular formula is C12H20O4. The second-order valence-electron chi connectivity index (χ2n) is 3.96. The number of rotatable bonds is 5. The lowest BCUT2D eigenvalue weighted by molar-refractivity contribution is -0.157. The minimum atomic E-state index is -0.263. The molecule has 0 aromatic heterocycles. The molecule has 0 amide bonds. The minimum Gasteiger partial charge on any atom is -0.462 e. The zero-order valence-electron chi connectivity index (χ0n) is 10.0. The SMILES string of the molecule is CC(=O)OC/C=C(\C)COC1CCCCO1. The Morgan fingerprint density at radius 2 is 2.25 bits per heavy atom. The highest BCUT2D eigenvalue weighted by Crippen LogP contribution is 2.14. The molecule has 0 saturated carbocycles. The number of carbonyl (C=O) groups is 1. The molecule has 1 saturated heterocycles. The summed E-state index contributed by atoms with van der Waals surface area (Å²) in [6, 6.07) is 0. The van der Waals surface area contributed by atoms with Gasteiger partial charge in [0.15, 0.2) is 6.29 Å². The van der Waals surface area contributed by atoms with Crippen molar-refractivity contribution in [2.45, 2.75) is 39.4 Å².